The van der Waals surface area contributed by atoms with Gasteiger partial charge >= 0.3 is 0 Å². The molecule has 2 rings (SSSR count). The SMILES string of the molecule is CN(C)C(CNC(=O)COc1ccc(Cl)c(Cl)c1)c1ccccc1. The zero-order valence-electron chi connectivity index (χ0n) is 13.6. The van der Waals surface area contributed by atoms with Gasteiger partial charge in [0.25, 0.3) is 5.91 Å². The van der Waals surface area contributed by atoms with Crippen molar-refractivity contribution in [2.45, 2.75) is 6.04 Å². The van der Waals surface area contributed by atoms with Gasteiger partial charge in [0.05, 0.1) is 16.1 Å². The molecule has 2 aromatic rings. The molecule has 1 atom stereocenters. The Morgan fingerprint density at radius 2 is 1.83 bits per heavy atom. The minimum absolute atomic E-state index is 0.0765. The lowest BCUT2D eigenvalue weighted by Crippen LogP contribution is -2.36. The van der Waals surface area contributed by atoms with E-state index in [0.717, 1.165) is 5.56 Å². The lowest BCUT2D eigenvalue weighted by Gasteiger charge is -2.25. The molecular formula is C18H20Cl2N2O2. The molecule has 1 amide bonds. The Bertz CT molecular complexity index is 678. The summed E-state index contributed by atoms with van der Waals surface area (Å²) in [5.41, 5.74) is 1.15. The Labute approximate surface area is 152 Å². The smallest absolute Gasteiger partial charge is 0.258 e. The van der Waals surface area contributed by atoms with Crippen LogP contribution in [0.3, 0.4) is 0 Å². The first kappa shape index (κ1) is 18.6. The van der Waals surface area contributed by atoms with E-state index in [2.05, 4.69) is 10.2 Å². The standard InChI is InChI=1S/C18H20Cl2N2O2/c1-22(2)17(13-6-4-3-5-7-13)11-21-18(23)12-24-14-8-9-15(19)16(20)10-14/h3-10,17H,11-12H2,1-2H3,(H,21,23). The third kappa shape index (κ3) is 5.41. The van der Waals surface area contributed by atoms with E-state index in [1.54, 1.807) is 18.2 Å². The van der Waals surface area contributed by atoms with Crippen molar-refractivity contribution in [2.24, 2.45) is 0 Å². The number of benzene rings is 2. The molecule has 2 aromatic carbocycles. The molecule has 24 heavy (non-hydrogen) atoms. The highest BCUT2D eigenvalue weighted by Gasteiger charge is 2.15. The zero-order chi connectivity index (χ0) is 17.5. The van der Waals surface area contributed by atoms with Gasteiger partial charge in [-0.05, 0) is 31.8 Å². The number of carbonyl (C=O) groups excluding carboxylic acids is 1. The lowest BCUT2D eigenvalue weighted by atomic mass is 10.1. The highest BCUT2D eigenvalue weighted by atomic mass is 35.5. The number of hydrogen-bond donors (Lipinski definition) is 1. The van der Waals surface area contributed by atoms with Crippen molar-refractivity contribution in [1.82, 2.24) is 10.2 Å². The average Bonchev–Trinajstić information content (AvgIpc) is 2.57. The fraction of sp³-hybridized carbons (Fsp3) is 0.278. The van der Waals surface area contributed by atoms with Gasteiger partial charge in [-0.3, -0.25) is 4.79 Å². The van der Waals surface area contributed by atoms with Crippen molar-refractivity contribution in [2.75, 3.05) is 27.2 Å². The van der Waals surface area contributed by atoms with Crippen LogP contribution in [0.5, 0.6) is 5.75 Å². The third-order valence-electron chi connectivity index (χ3n) is 3.56. The van der Waals surface area contributed by atoms with Crippen LogP contribution in [0.2, 0.25) is 10.0 Å². The topological polar surface area (TPSA) is 41.6 Å². The van der Waals surface area contributed by atoms with Crippen LogP contribution in [0, 0.1) is 0 Å². The highest BCUT2D eigenvalue weighted by molar-refractivity contribution is 6.42. The molecule has 4 nitrogen and oxygen atoms in total. The molecule has 0 heterocycles. The van der Waals surface area contributed by atoms with Gasteiger partial charge in [0, 0.05) is 12.6 Å². The van der Waals surface area contributed by atoms with E-state index in [1.165, 1.54) is 0 Å². The normalized spacial score (nSPS) is 12.0. The van der Waals surface area contributed by atoms with Crippen molar-refractivity contribution >= 4 is 29.1 Å². The molecule has 0 aromatic heterocycles. The summed E-state index contributed by atoms with van der Waals surface area (Å²) in [7, 11) is 3.96. The van der Waals surface area contributed by atoms with Gasteiger partial charge in [-0.15, -0.1) is 0 Å². The molecule has 6 heteroatoms. The number of rotatable bonds is 7. The predicted octanol–water partition coefficient (Wildman–Crippen LogP) is 3.79. The fourth-order valence-corrected chi connectivity index (χ4v) is 2.54. The number of halogens is 2. The molecule has 0 saturated heterocycles. The number of likely N-dealkylation sites (N-methyl/N-ethyl adjacent to an activating group) is 1. The summed E-state index contributed by atoms with van der Waals surface area (Å²) >= 11 is 11.8. The Morgan fingerprint density at radius 3 is 2.46 bits per heavy atom. The Balaban J connectivity index is 1.86. The van der Waals surface area contributed by atoms with Gasteiger partial charge in [0.2, 0.25) is 0 Å². The van der Waals surface area contributed by atoms with Crippen molar-refractivity contribution in [1.29, 1.82) is 0 Å². The second kappa shape index (κ2) is 8.92. The molecule has 0 spiro atoms. The molecule has 0 aliphatic carbocycles. The molecule has 1 unspecified atom stereocenters. The number of ether oxygens (including phenoxy) is 1. The van der Waals surface area contributed by atoms with Crippen LogP contribution in [0.1, 0.15) is 11.6 Å². The summed E-state index contributed by atoms with van der Waals surface area (Å²) in [6.45, 7) is 0.424. The number of amides is 1. The van der Waals surface area contributed by atoms with Gasteiger partial charge in [0.1, 0.15) is 5.75 Å². The summed E-state index contributed by atoms with van der Waals surface area (Å²) in [6, 6.07) is 15.0. The van der Waals surface area contributed by atoms with Crippen LogP contribution in [0.4, 0.5) is 0 Å². The maximum Gasteiger partial charge on any atom is 0.258 e. The minimum Gasteiger partial charge on any atom is -0.484 e. The van der Waals surface area contributed by atoms with Crippen LogP contribution in [0.25, 0.3) is 0 Å². The quantitative estimate of drug-likeness (QED) is 0.810. The molecule has 0 bridgehead atoms. The summed E-state index contributed by atoms with van der Waals surface area (Å²) < 4.78 is 5.43. The molecule has 0 fully saturated rings. The summed E-state index contributed by atoms with van der Waals surface area (Å²) in [5, 5.41) is 3.74. The molecule has 0 aliphatic rings. The van der Waals surface area contributed by atoms with Crippen LogP contribution in [-0.4, -0.2) is 38.1 Å². The first-order valence-corrected chi connectivity index (χ1v) is 8.29. The summed E-state index contributed by atoms with van der Waals surface area (Å²) in [4.78, 5) is 14.1. The van der Waals surface area contributed by atoms with Gasteiger partial charge in [0.15, 0.2) is 6.61 Å². The summed E-state index contributed by atoms with van der Waals surface area (Å²) in [5.74, 6) is 0.315. The molecule has 0 saturated carbocycles. The molecule has 1 N–H and O–H groups in total. The Hall–Kier alpha value is -1.75. The average molecular weight is 367 g/mol. The summed E-state index contributed by atoms with van der Waals surface area (Å²) in [6.07, 6.45) is 0. The first-order chi connectivity index (χ1) is 11.5. The van der Waals surface area contributed by atoms with Gasteiger partial charge in [-0.1, -0.05) is 53.5 Å². The number of carbonyl (C=O) groups is 1. The molecule has 0 radical (unpaired) electrons. The van der Waals surface area contributed by atoms with Crippen LogP contribution in [-0.2, 0) is 4.79 Å². The van der Waals surface area contributed by atoms with E-state index < -0.39 is 0 Å². The van der Waals surface area contributed by atoms with Gasteiger partial charge < -0.3 is 15.0 Å². The van der Waals surface area contributed by atoms with E-state index in [9.17, 15) is 4.79 Å². The molecular weight excluding hydrogens is 347 g/mol. The predicted molar refractivity (Wildman–Crippen MR) is 97.8 cm³/mol. The number of nitrogens with zero attached hydrogens (tertiary/aromatic N) is 1. The third-order valence-corrected chi connectivity index (χ3v) is 4.30. The monoisotopic (exact) mass is 366 g/mol. The van der Waals surface area contributed by atoms with Crippen LogP contribution < -0.4 is 10.1 Å². The van der Waals surface area contributed by atoms with E-state index in [-0.39, 0.29) is 18.6 Å². The zero-order valence-corrected chi connectivity index (χ0v) is 15.1. The van der Waals surface area contributed by atoms with Gasteiger partial charge in [-0.25, -0.2) is 0 Å². The maximum atomic E-state index is 12.0. The first-order valence-electron chi connectivity index (χ1n) is 7.53. The molecule has 0 aliphatic heterocycles. The van der Waals surface area contributed by atoms with Crippen LogP contribution in [0.15, 0.2) is 48.5 Å². The molecule has 128 valence electrons. The number of hydrogen-bond acceptors (Lipinski definition) is 3. The Morgan fingerprint density at radius 1 is 1.12 bits per heavy atom. The largest absolute Gasteiger partial charge is 0.484 e. The van der Waals surface area contributed by atoms with Crippen molar-refractivity contribution < 1.29 is 9.53 Å². The maximum absolute atomic E-state index is 12.0. The van der Waals surface area contributed by atoms with E-state index in [0.29, 0.717) is 22.3 Å². The second-order valence-electron chi connectivity index (χ2n) is 5.56. The van der Waals surface area contributed by atoms with Crippen molar-refractivity contribution in [3.8, 4) is 5.75 Å². The van der Waals surface area contributed by atoms with Gasteiger partial charge in [-0.2, -0.15) is 0 Å². The van der Waals surface area contributed by atoms with E-state index >= 15 is 0 Å². The lowest BCUT2D eigenvalue weighted by molar-refractivity contribution is -0.123. The van der Waals surface area contributed by atoms with Crippen molar-refractivity contribution in [3.63, 3.8) is 0 Å². The fourth-order valence-electron chi connectivity index (χ4n) is 2.25. The van der Waals surface area contributed by atoms with Crippen LogP contribution >= 0.6 is 23.2 Å². The highest BCUT2D eigenvalue weighted by Crippen LogP contribution is 2.26. The Kier molecular flexibility index (Phi) is 6.91. The van der Waals surface area contributed by atoms with Crippen molar-refractivity contribution in [3.05, 3.63) is 64.1 Å². The number of nitrogens with one attached hydrogen (secondary N) is 1. The second-order valence-corrected chi connectivity index (χ2v) is 6.37. The minimum atomic E-state index is -0.191. The van der Waals surface area contributed by atoms with E-state index in [1.807, 2.05) is 44.4 Å². The van der Waals surface area contributed by atoms with E-state index in [4.69, 9.17) is 27.9 Å².